The monoisotopic (exact) mass is 404 g/mol. The minimum Gasteiger partial charge on any atom is -0.353 e. The smallest absolute Gasteiger partial charge is 0.232 e. The molecule has 0 aliphatic carbocycles. The zero-order valence-corrected chi connectivity index (χ0v) is 17.6. The van der Waals surface area contributed by atoms with Crippen molar-refractivity contribution in [2.24, 2.45) is 0 Å². The van der Waals surface area contributed by atoms with E-state index in [1.165, 1.54) is 5.56 Å². The third kappa shape index (κ3) is 4.68. The summed E-state index contributed by atoms with van der Waals surface area (Å²) < 4.78 is 1.13. The summed E-state index contributed by atoms with van der Waals surface area (Å²) in [5.41, 5.74) is 5.07. The molecule has 2 aromatic carbocycles. The van der Waals surface area contributed by atoms with E-state index < -0.39 is 0 Å². The van der Waals surface area contributed by atoms with Crippen molar-refractivity contribution < 1.29 is 0 Å². The highest BCUT2D eigenvalue weighted by Crippen LogP contribution is 2.24. The fraction of sp³-hybridized carbons (Fsp3) is 0.273. The van der Waals surface area contributed by atoms with Crippen LogP contribution >= 0.6 is 11.3 Å². The van der Waals surface area contributed by atoms with Gasteiger partial charge in [0.1, 0.15) is 5.82 Å². The van der Waals surface area contributed by atoms with E-state index in [0.29, 0.717) is 17.8 Å². The molecule has 7 heteroatoms. The van der Waals surface area contributed by atoms with Crippen molar-refractivity contribution in [2.75, 3.05) is 17.2 Å². The molecule has 0 saturated carbocycles. The molecule has 0 spiro atoms. The molecule has 6 nitrogen and oxygen atoms in total. The van der Waals surface area contributed by atoms with E-state index in [4.69, 9.17) is 0 Å². The van der Waals surface area contributed by atoms with Crippen molar-refractivity contribution in [2.45, 2.75) is 32.6 Å². The zero-order chi connectivity index (χ0) is 20.2. The Bertz CT molecular complexity index is 1090. The summed E-state index contributed by atoms with van der Waals surface area (Å²) in [5, 5.41) is 6.70. The number of hydrogen-bond acceptors (Lipinski definition) is 7. The van der Waals surface area contributed by atoms with Crippen LogP contribution in [0.15, 0.2) is 54.0 Å². The van der Waals surface area contributed by atoms with Crippen molar-refractivity contribution in [3.63, 3.8) is 0 Å². The third-order valence-corrected chi connectivity index (χ3v) is 5.48. The van der Waals surface area contributed by atoms with Crippen molar-refractivity contribution in [3.8, 4) is 0 Å². The van der Waals surface area contributed by atoms with Gasteiger partial charge in [-0.2, -0.15) is 15.0 Å². The summed E-state index contributed by atoms with van der Waals surface area (Å²) in [6.45, 7) is 7.10. The Morgan fingerprint density at radius 3 is 2.52 bits per heavy atom. The molecule has 29 heavy (non-hydrogen) atoms. The van der Waals surface area contributed by atoms with Gasteiger partial charge in [0.25, 0.3) is 0 Å². The van der Waals surface area contributed by atoms with E-state index in [1.54, 1.807) is 11.3 Å². The summed E-state index contributed by atoms with van der Waals surface area (Å²) in [5.74, 6) is 2.45. The van der Waals surface area contributed by atoms with Crippen LogP contribution in [0.4, 0.5) is 17.6 Å². The van der Waals surface area contributed by atoms with Crippen molar-refractivity contribution in [3.05, 3.63) is 65.4 Å². The first kappa shape index (κ1) is 19.3. The van der Waals surface area contributed by atoms with Gasteiger partial charge in [0.05, 0.1) is 15.7 Å². The maximum atomic E-state index is 4.60. The van der Waals surface area contributed by atoms with Gasteiger partial charge in [-0.05, 0) is 29.7 Å². The van der Waals surface area contributed by atoms with Crippen molar-refractivity contribution >= 4 is 39.1 Å². The van der Waals surface area contributed by atoms with Crippen LogP contribution in [0.1, 0.15) is 44.0 Å². The average Bonchev–Trinajstić information content (AvgIpc) is 3.20. The van der Waals surface area contributed by atoms with Gasteiger partial charge in [-0.15, -0.1) is 11.3 Å². The van der Waals surface area contributed by atoms with Gasteiger partial charge in [0.2, 0.25) is 11.9 Å². The van der Waals surface area contributed by atoms with Crippen molar-refractivity contribution in [1.82, 2.24) is 19.9 Å². The predicted octanol–water partition coefficient (Wildman–Crippen LogP) is 5.56. The molecule has 0 radical (unpaired) electrons. The maximum Gasteiger partial charge on any atom is 0.232 e. The van der Waals surface area contributed by atoms with Crippen LogP contribution in [0.3, 0.4) is 0 Å². The number of rotatable bonds is 7. The van der Waals surface area contributed by atoms with Crippen LogP contribution < -0.4 is 10.6 Å². The lowest BCUT2D eigenvalue weighted by atomic mass is 10.0. The number of hydrogen-bond donors (Lipinski definition) is 2. The van der Waals surface area contributed by atoms with Crippen LogP contribution in [0, 0.1) is 0 Å². The van der Waals surface area contributed by atoms with Crippen LogP contribution in [-0.2, 0) is 0 Å². The van der Waals surface area contributed by atoms with E-state index in [2.05, 4.69) is 81.7 Å². The first-order valence-corrected chi connectivity index (χ1v) is 10.6. The van der Waals surface area contributed by atoms with Gasteiger partial charge in [0.15, 0.2) is 0 Å². The second-order valence-electron chi connectivity index (χ2n) is 7.35. The Kier molecular flexibility index (Phi) is 5.67. The lowest BCUT2D eigenvalue weighted by Crippen LogP contribution is -2.15. The second kappa shape index (κ2) is 8.53. The quantitative estimate of drug-likeness (QED) is 0.420. The number of thiazole rings is 1. The van der Waals surface area contributed by atoms with Crippen LogP contribution in [-0.4, -0.2) is 26.5 Å². The van der Waals surface area contributed by atoms with Gasteiger partial charge in [-0.1, -0.05) is 51.1 Å². The number of fused-ring (bicyclic) bond motifs is 1. The van der Waals surface area contributed by atoms with Gasteiger partial charge in [0, 0.05) is 18.2 Å². The molecule has 1 unspecified atom stereocenters. The maximum absolute atomic E-state index is 4.60. The van der Waals surface area contributed by atoms with E-state index in [-0.39, 0.29) is 5.92 Å². The van der Waals surface area contributed by atoms with Gasteiger partial charge in [-0.25, -0.2) is 4.98 Å². The lowest BCUT2D eigenvalue weighted by molar-refractivity contribution is 0.752. The summed E-state index contributed by atoms with van der Waals surface area (Å²) in [7, 11) is 0. The normalized spacial score (nSPS) is 12.3. The van der Waals surface area contributed by atoms with Gasteiger partial charge < -0.3 is 10.6 Å². The molecule has 0 fully saturated rings. The zero-order valence-electron chi connectivity index (χ0n) is 16.8. The van der Waals surface area contributed by atoms with Gasteiger partial charge >= 0.3 is 0 Å². The SMILES string of the molecule is CC(C)c1nc(NCC(C)c2ccccc2)nc(Nc2ccc3ncsc3c2)n1. The molecule has 2 N–H and O–H groups in total. The van der Waals surface area contributed by atoms with E-state index in [1.807, 2.05) is 23.7 Å². The topological polar surface area (TPSA) is 75.6 Å². The Labute approximate surface area is 174 Å². The Balaban J connectivity index is 1.53. The highest BCUT2D eigenvalue weighted by atomic mass is 32.1. The number of benzene rings is 2. The molecule has 0 aliphatic heterocycles. The first-order valence-electron chi connectivity index (χ1n) is 9.73. The molecule has 0 amide bonds. The summed E-state index contributed by atoms with van der Waals surface area (Å²) >= 11 is 1.62. The minimum atomic E-state index is 0.203. The summed E-state index contributed by atoms with van der Waals surface area (Å²) in [4.78, 5) is 18.1. The molecule has 0 saturated heterocycles. The van der Waals surface area contributed by atoms with E-state index >= 15 is 0 Å². The minimum absolute atomic E-state index is 0.203. The fourth-order valence-corrected chi connectivity index (χ4v) is 3.71. The third-order valence-electron chi connectivity index (χ3n) is 4.69. The van der Waals surface area contributed by atoms with Gasteiger partial charge in [-0.3, -0.25) is 0 Å². The second-order valence-corrected chi connectivity index (χ2v) is 8.23. The summed E-state index contributed by atoms with van der Waals surface area (Å²) in [6, 6.07) is 16.5. The standard InChI is InChI=1S/C22H24N6S/c1-14(2)20-26-21(23-12-15(3)16-7-5-4-6-8-16)28-22(27-20)25-17-9-10-18-19(11-17)29-13-24-18/h4-11,13-15H,12H2,1-3H3,(H2,23,25,26,27,28). The average molecular weight is 405 g/mol. The molecular weight excluding hydrogens is 380 g/mol. The highest BCUT2D eigenvalue weighted by Gasteiger charge is 2.12. The predicted molar refractivity (Wildman–Crippen MR) is 120 cm³/mol. The highest BCUT2D eigenvalue weighted by molar-refractivity contribution is 7.16. The number of nitrogens with zero attached hydrogens (tertiary/aromatic N) is 4. The van der Waals surface area contributed by atoms with Crippen LogP contribution in [0.2, 0.25) is 0 Å². The largest absolute Gasteiger partial charge is 0.353 e. The molecule has 2 heterocycles. The molecular formula is C22H24N6S. The van der Waals surface area contributed by atoms with Crippen molar-refractivity contribution in [1.29, 1.82) is 0 Å². The van der Waals surface area contributed by atoms with E-state index in [9.17, 15) is 0 Å². The molecule has 4 rings (SSSR count). The molecule has 2 aromatic heterocycles. The molecule has 0 aliphatic rings. The Morgan fingerprint density at radius 2 is 1.72 bits per heavy atom. The Hall–Kier alpha value is -3.06. The van der Waals surface area contributed by atoms with Crippen LogP contribution in [0.5, 0.6) is 0 Å². The Morgan fingerprint density at radius 1 is 0.931 bits per heavy atom. The summed E-state index contributed by atoms with van der Waals surface area (Å²) in [6.07, 6.45) is 0. The molecule has 148 valence electrons. The number of aromatic nitrogens is 4. The molecule has 1 atom stereocenters. The fourth-order valence-electron chi connectivity index (χ4n) is 2.99. The molecule has 0 bridgehead atoms. The lowest BCUT2D eigenvalue weighted by Gasteiger charge is -2.15. The van der Waals surface area contributed by atoms with E-state index in [0.717, 1.165) is 28.3 Å². The molecule has 4 aromatic rings. The number of nitrogens with one attached hydrogen (secondary N) is 2. The number of anilines is 3. The first-order chi connectivity index (χ1) is 14.1. The van der Waals surface area contributed by atoms with Crippen LogP contribution in [0.25, 0.3) is 10.2 Å².